The largest absolute Gasteiger partial charge is 0.480 e. The summed E-state index contributed by atoms with van der Waals surface area (Å²) >= 11 is 0. The van der Waals surface area contributed by atoms with Gasteiger partial charge < -0.3 is 37.2 Å². The Morgan fingerprint density at radius 3 is 2.41 bits per heavy atom. The maximum absolute atomic E-state index is 12.3. The fourth-order valence-electron chi connectivity index (χ4n) is 2.68. The summed E-state index contributed by atoms with van der Waals surface area (Å²) in [4.78, 5) is 59.4. The van der Waals surface area contributed by atoms with Crippen molar-refractivity contribution in [2.75, 3.05) is 13.1 Å². The Bertz CT molecular complexity index is 609. The third-order valence-electron chi connectivity index (χ3n) is 4.09. The number of carboxylic acids is 1. The van der Waals surface area contributed by atoms with E-state index in [-0.39, 0.29) is 13.0 Å². The molecule has 1 saturated heterocycles. The van der Waals surface area contributed by atoms with E-state index in [0.717, 1.165) is 0 Å². The quantitative estimate of drug-likeness (QED) is 0.231. The van der Waals surface area contributed by atoms with Crippen LogP contribution in [0.25, 0.3) is 0 Å². The molecule has 1 aliphatic rings. The highest BCUT2D eigenvalue weighted by molar-refractivity contribution is 5.93. The van der Waals surface area contributed by atoms with Crippen molar-refractivity contribution in [1.29, 1.82) is 0 Å². The lowest BCUT2D eigenvalue weighted by Gasteiger charge is -2.26. The molecule has 0 spiro atoms. The van der Waals surface area contributed by atoms with E-state index in [1.807, 2.05) is 0 Å². The first-order valence-corrected chi connectivity index (χ1v) is 8.37. The molecule has 0 aliphatic carbocycles. The monoisotopic (exact) mass is 387 g/mol. The average molecular weight is 387 g/mol. The number of likely N-dealkylation sites (tertiary alicyclic amines) is 1. The highest BCUT2D eigenvalue weighted by Gasteiger charge is 2.36. The van der Waals surface area contributed by atoms with Gasteiger partial charge >= 0.3 is 5.97 Å². The van der Waals surface area contributed by atoms with Crippen molar-refractivity contribution in [3.8, 4) is 0 Å². The first kappa shape index (κ1) is 22.3. The maximum atomic E-state index is 12.3. The molecule has 4 unspecified atom stereocenters. The number of carbonyl (C=O) groups is 5. The molecule has 152 valence electrons. The zero-order chi connectivity index (χ0) is 20.7. The standard InChI is InChI=1S/C15H25N5O7/c1-7(21)12(15(26)27)19-14(25)9-3-2-4-20(9)11(23)6-18-13(24)8(16)5-10(17)22/h7-9,12,21H,2-6,16H2,1H3,(H2,17,22)(H,18,24)(H,19,25)(H,26,27). The molecule has 0 aromatic heterocycles. The van der Waals surface area contributed by atoms with Crippen molar-refractivity contribution in [2.45, 2.75) is 50.4 Å². The summed E-state index contributed by atoms with van der Waals surface area (Å²) in [5.74, 6) is -4.15. The smallest absolute Gasteiger partial charge is 0.328 e. The summed E-state index contributed by atoms with van der Waals surface area (Å²) in [6.07, 6.45) is -0.849. The van der Waals surface area contributed by atoms with Crippen LogP contribution in [0.5, 0.6) is 0 Å². The number of nitrogens with two attached hydrogens (primary N) is 2. The second kappa shape index (κ2) is 9.83. The number of nitrogens with one attached hydrogen (secondary N) is 2. The Morgan fingerprint density at radius 2 is 1.89 bits per heavy atom. The minimum absolute atomic E-state index is 0.256. The molecule has 0 bridgehead atoms. The van der Waals surface area contributed by atoms with Crippen molar-refractivity contribution in [1.82, 2.24) is 15.5 Å². The molecule has 1 fully saturated rings. The van der Waals surface area contributed by atoms with Crippen LogP contribution in [-0.2, 0) is 24.0 Å². The first-order chi connectivity index (χ1) is 12.5. The minimum Gasteiger partial charge on any atom is -0.480 e. The summed E-state index contributed by atoms with van der Waals surface area (Å²) in [5, 5.41) is 22.9. The van der Waals surface area contributed by atoms with Crippen molar-refractivity contribution in [2.24, 2.45) is 11.5 Å². The lowest BCUT2D eigenvalue weighted by Crippen LogP contribution is -2.55. The van der Waals surface area contributed by atoms with Crippen LogP contribution < -0.4 is 22.1 Å². The molecular formula is C15H25N5O7. The van der Waals surface area contributed by atoms with Crippen molar-refractivity contribution < 1.29 is 34.2 Å². The predicted molar refractivity (Wildman–Crippen MR) is 90.8 cm³/mol. The van der Waals surface area contributed by atoms with E-state index in [2.05, 4.69) is 10.6 Å². The Morgan fingerprint density at radius 1 is 1.26 bits per heavy atom. The highest BCUT2D eigenvalue weighted by Crippen LogP contribution is 2.17. The van der Waals surface area contributed by atoms with Gasteiger partial charge in [0, 0.05) is 6.54 Å². The Kier molecular flexibility index (Phi) is 8.12. The fraction of sp³-hybridized carbons (Fsp3) is 0.667. The molecule has 1 heterocycles. The van der Waals surface area contributed by atoms with E-state index < -0.39 is 60.4 Å². The van der Waals surface area contributed by atoms with E-state index >= 15 is 0 Å². The summed E-state index contributed by atoms with van der Waals surface area (Å²) in [7, 11) is 0. The van der Waals surface area contributed by atoms with Crippen molar-refractivity contribution in [3.63, 3.8) is 0 Å². The Labute approximate surface area is 155 Å². The number of primary amides is 1. The molecule has 0 saturated carbocycles. The van der Waals surface area contributed by atoms with Crippen LogP contribution in [-0.4, -0.2) is 82.0 Å². The maximum Gasteiger partial charge on any atom is 0.328 e. The van der Waals surface area contributed by atoms with Crippen LogP contribution in [0.15, 0.2) is 0 Å². The van der Waals surface area contributed by atoms with Gasteiger partial charge in [0.2, 0.25) is 23.6 Å². The number of hydrogen-bond donors (Lipinski definition) is 6. The lowest BCUT2D eigenvalue weighted by molar-refractivity contribution is -0.146. The number of rotatable bonds is 9. The van der Waals surface area contributed by atoms with Gasteiger partial charge in [-0.3, -0.25) is 19.2 Å². The summed E-state index contributed by atoms with van der Waals surface area (Å²) in [5.41, 5.74) is 10.4. The van der Waals surface area contributed by atoms with E-state index in [1.165, 1.54) is 11.8 Å². The molecule has 0 radical (unpaired) electrons. The van der Waals surface area contributed by atoms with Crippen LogP contribution in [0.1, 0.15) is 26.2 Å². The van der Waals surface area contributed by atoms with Gasteiger partial charge in [-0.05, 0) is 19.8 Å². The molecule has 0 aromatic carbocycles. The number of carbonyl (C=O) groups excluding carboxylic acids is 4. The van der Waals surface area contributed by atoms with Gasteiger partial charge in [0.25, 0.3) is 0 Å². The number of amides is 4. The zero-order valence-electron chi connectivity index (χ0n) is 14.9. The van der Waals surface area contributed by atoms with Crippen LogP contribution in [0.4, 0.5) is 0 Å². The Balaban J connectivity index is 2.64. The molecule has 0 aromatic rings. The molecule has 1 rings (SSSR count). The number of carboxylic acid groups (broad SMARTS) is 1. The second-order valence-electron chi connectivity index (χ2n) is 6.30. The fourth-order valence-corrected chi connectivity index (χ4v) is 2.68. The van der Waals surface area contributed by atoms with E-state index in [0.29, 0.717) is 12.8 Å². The number of aliphatic hydroxyl groups excluding tert-OH is 1. The third kappa shape index (κ3) is 6.49. The molecule has 1 aliphatic heterocycles. The van der Waals surface area contributed by atoms with Gasteiger partial charge in [-0.2, -0.15) is 0 Å². The second-order valence-corrected chi connectivity index (χ2v) is 6.30. The molecule has 8 N–H and O–H groups in total. The van der Waals surface area contributed by atoms with E-state index in [1.54, 1.807) is 0 Å². The van der Waals surface area contributed by atoms with E-state index in [9.17, 15) is 29.1 Å². The summed E-state index contributed by atoms with van der Waals surface area (Å²) in [6.45, 7) is 1.04. The highest BCUT2D eigenvalue weighted by atomic mass is 16.4. The molecular weight excluding hydrogens is 362 g/mol. The van der Waals surface area contributed by atoms with Crippen molar-refractivity contribution >= 4 is 29.6 Å². The van der Waals surface area contributed by atoms with Gasteiger partial charge in [-0.15, -0.1) is 0 Å². The SMILES string of the molecule is CC(O)C(NC(=O)C1CCCN1C(=O)CNC(=O)C(N)CC(N)=O)C(=O)O. The van der Waals surface area contributed by atoms with Gasteiger partial charge in [0.15, 0.2) is 6.04 Å². The predicted octanol–water partition coefficient (Wildman–Crippen LogP) is -3.75. The molecule has 12 nitrogen and oxygen atoms in total. The van der Waals surface area contributed by atoms with Gasteiger partial charge in [0.05, 0.1) is 25.1 Å². The van der Waals surface area contributed by atoms with Crippen LogP contribution >= 0.6 is 0 Å². The van der Waals surface area contributed by atoms with Crippen LogP contribution in [0.2, 0.25) is 0 Å². The van der Waals surface area contributed by atoms with Gasteiger partial charge in [-0.1, -0.05) is 0 Å². The Hall–Kier alpha value is -2.73. The molecule has 27 heavy (non-hydrogen) atoms. The first-order valence-electron chi connectivity index (χ1n) is 8.37. The number of nitrogens with zero attached hydrogens (tertiary/aromatic N) is 1. The topological polar surface area (TPSA) is 205 Å². The summed E-state index contributed by atoms with van der Waals surface area (Å²) < 4.78 is 0. The van der Waals surface area contributed by atoms with Crippen LogP contribution in [0, 0.1) is 0 Å². The average Bonchev–Trinajstić information content (AvgIpc) is 3.05. The third-order valence-corrected chi connectivity index (χ3v) is 4.09. The molecule has 12 heteroatoms. The molecule has 4 atom stereocenters. The number of aliphatic hydroxyl groups is 1. The lowest BCUT2D eigenvalue weighted by atomic mass is 10.1. The van der Waals surface area contributed by atoms with Crippen molar-refractivity contribution in [3.05, 3.63) is 0 Å². The van der Waals surface area contributed by atoms with E-state index in [4.69, 9.17) is 16.6 Å². The normalized spacial score (nSPS) is 19.7. The number of aliphatic carboxylic acids is 1. The summed E-state index contributed by atoms with van der Waals surface area (Å²) in [6, 6.07) is -3.59. The zero-order valence-corrected chi connectivity index (χ0v) is 14.9. The van der Waals surface area contributed by atoms with Gasteiger partial charge in [0.1, 0.15) is 6.04 Å². The van der Waals surface area contributed by atoms with Crippen LogP contribution in [0.3, 0.4) is 0 Å². The van der Waals surface area contributed by atoms with Gasteiger partial charge in [-0.25, -0.2) is 4.79 Å². The number of hydrogen-bond acceptors (Lipinski definition) is 7. The minimum atomic E-state index is -1.50. The molecule has 4 amide bonds.